The minimum absolute atomic E-state index is 0.0906. The summed E-state index contributed by atoms with van der Waals surface area (Å²) in [6, 6.07) is 8.33. The molecule has 2 N–H and O–H groups in total. The number of hydrogen-bond donors (Lipinski definition) is 2. The third kappa shape index (κ3) is 3.96. The van der Waals surface area contributed by atoms with Gasteiger partial charge in [0.25, 0.3) is 5.91 Å². The zero-order chi connectivity index (χ0) is 15.2. The van der Waals surface area contributed by atoms with Crippen LogP contribution < -0.4 is 14.8 Å². The number of rotatable bonds is 6. The van der Waals surface area contributed by atoms with Gasteiger partial charge in [-0.3, -0.25) is 4.79 Å². The molecule has 1 amide bonds. The molecular weight excluding hydrogens is 294 g/mol. The number of carboxylic acids is 1. The molecule has 6 nitrogen and oxygen atoms in total. The summed E-state index contributed by atoms with van der Waals surface area (Å²) in [7, 11) is 1.56. The Hall–Kier alpha value is -2.54. The fourth-order valence-corrected chi connectivity index (χ4v) is 2.27. The first-order valence-electron chi connectivity index (χ1n) is 5.97. The van der Waals surface area contributed by atoms with E-state index in [0.717, 1.165) is 11.3 Å². The number of aromatic carboxylic acids is 1. The van der Waals surface area contributed by atoms with Crippen LogP contribution in [0.4, 0.5) is 5.69 Å². The normalized spacial score (nSPS) is 9.95. The quantitative estimate of drug-likeness (QED) is 0.856. The summed E-state index contributed by atoms with van der Waals surface area (Å²) in [5.41, 5.74) is 0.274. The van der Waals surface area contributed by atoms with Crippen molar-refractivity contribution in [2.75, 3.05) is 19.0 Å². The lowest BCUT2D eigenvalue weighted by Gasteiger charge is -2.07. The first-order chi connectivity index (χ1) is 10.1. The van der Waals surface area contributed by atoms with E-state index in [4.69, 9.17) is 14.6 Å². The Kier molecular flexibility index (Phi) is 4.78. The number of carboxylic acid groups (broad SMARTS) is 1. The molecule has 0 fully saturated rings. The number of ether oxygens (including phenoxy) is 2. The maximum atomic E-state index is 11.7. The summed E-state index contributed by atoms with van der Waals surface area (Å²) in [4.78, 5) is 22.7. The van der Waals surface area contributed by atoms with E-state index in [-0.39, 0.29) is 17.2 Å². The lowest BCUT2D eigenvalue weighted by molar-refractivity contribution is -0.118. The average Bonchev–Trinajstić information content (AvgIpc) is 2.94. The van der Waals surface area contributed by atoms with E-state index in [2.05, 4.69) is 5.32 Å². The summed E-state index contributed by atoms with van der Waals surface area (Å²) in [5.74, 6) is -0.283. The van der Waals surface area contributed by atoms with Crippen molar-refractivity contribution in [1.82, 2.24) is 0 Å². The number of carbonyl (C=O) groups is 2. The second kappa shape index (κ2) is 6.76. The zero-order valence-electron chi connectivity index (χ0n) is 11.2. The minimum atomic E-state index is -1.07. The van der Waals surface area contributed by atoms with E-state index < -0.39 is 11.9 Å². The number of nitrogens with one attached hydrogen (secondary N) is 1. The van der Waals surface area contributed by atoms with Gasteiger partial charge < -0.3 is 19.9 Å². The highest BCUT2D eigenvalue weighted by atomic mass is 32.1. The van der Waals surface area contributed by atoms with E-state index >= 15 is 0 Å². The van der Waals surface area contributed by atoms with Gasteiger partial charge in [0, 0.05) is 0 Å². The smallest absolute Gasteiger partial charge is 0.348 e. The zero-order valence-corrected chi connectivity index (χ0v) is 12.0. The molecule has 2 rings (SSSR count). The standard InChI is InChI=1S/C14H13NO5S/c1-19-9-2-4-10(5-3-9)20-8-12(16)15-11-6-7-21-13(11)14(17)18/h2-7H,8H2,1H3,(H,15,16)(H,17,18). The van der Waals surface area contributed by atoms with Crippen LogP contribution in [-0.4, -0.2) is 30.7 Å². The molecule has 0 aliphatic heterocycles. The van der Waals surface area contributed by atoms with Crippen molar-refractivity contribution < 1.29 is 24.2 Å². The molecule has 0 aliphatic carbocycles. The highest BCUT2D eigenvalue weighted by molar-refractivity contribution is 7.12. The van der Waals surface area contributed by atoms with Gasteiger partial charge in [0.05, 0.1) is 12.8 Å². The first kappa shape index (κ1) is 14.9. The van der Waals surface area contributed by atoms with Crippen LogP contribution in [0.3, 0.4) is 0 Å². The molecule has 2 aromatic rings. The van der Waals surface area contributed by atoms with Gasteiger partial charge in [-0.25, -0.2) is 4.79 Å². The fraction of sp³-hybridized carbons (Fsp3) is 0.143. The monoisotopic (exact) mass is 307 g/mol. The molecule has 7 heteroatoms. The molecule has 0 radical (unpaired) electrons. The number of hydrogen-bond acceptors (Lipinski definition) is 5. The number of methoxy groups -OCH3 is 1. The van der Waals surface area contributed by atoms with Crippen LogP contribution in [0.2, 0.25) is 0 Å². The van der Waals surface area contributed by atoms with Gasteiger partial charge in [-0.2, -0.15) is 0 Å². The van der Waals surface area contributed by atoms with Gasteiger partial charge in [0.15, 0.2) is 6.61 Å². The van der Waals surface area contributed by atoms with Crippen molar-refractivity contribution in [2.45, 2.75) is 0 Å². The maximum Gasteiger partial charge on any atom is 0.348 e. The highest BCUT2D eigenvalue weighted by Crippen LogP contribution is 2.22. The van der Waals surface area contributed by atoms with Crippen LogP contribution >= 0.6 is 11.3 Å². The summed E-state index contributed by atoms with van der Waals surface area (Å²) in [6.07, 6.45) is 0. The van der Waals surface area contributed by atoms with Crippen LogP contribution in [0.1, 0.15) is 9.67 Å². The van der Waals surface area contributed by atoms with Crippen LogP contribution in [0.5, 0.6) is 11.5 Å². The number of benzene rings is 1. The molecular formula is C14H13NO5S. The largest absolute Gasteiger partial charge is 0.497 e. The predicted molar refractivity (Wildman–Crippen MR) is 78.4 cm³/mol. The Balaban J connectivity index is 1.89. The van der Waals surface area contributed by atoms with Crippen LogP contribution in [0, 0.1) is 0 Å². The van der Waals surface area contributed by atoms with Crippen molar-refractivity contribution in [1.29, 1.82) is 0 Å². The summed E-state index contributed by atoms with van der Waals surface area (Å²) in [6.45, 7) is -0.207. The minimum Gasteiger partial charge on any atom is -0.497 e. The van der Waals surface area contributed by atoms with Gasteiger partial charge >= 0.3 is 5.97 Å². The van der Waals surface area contributed by atoms with Crippen LogP contribution in [0.25, 0.3) is 0 Å². The van der Waals surface area contributed by atoms with E-state index in [1.54, 1.807) is 42.8 Å². The molecule has 21 heavy (non-hydrogen) atoms. The summed E-state index contributed by atoms with van der Waals surface area (Å²) >= 11 is 1.05. The van der Waals surface area contributed by atoms with Crippen LogP contribution in [-0.2, 0) is 4.79 Å². The van der Waals surface area contributed by atoms with Crippen LogP contribution in [0.15, 0.2) is 35.7 Å². The molecule has 1 aromatic carbocycles. The molecule has 110 valence electrons. The van der Waals surface area contributed by atoms with E-state index in [9.17, 15) is 9.59 Å². The Morgan fingerprint density at radius 2 is 1.86 bits per heavy atom. The van der Waals surface area contributed by atoms with Crippen molar-refractivity contribution in [3.05, 3.63) is 40.6 Å². The molecule has 0 saturated carbocycles. The summed E-state index contributed by atoms with van der Waals surface area (Å²) in [5, 5.41) is 13.0. The lowest BCUT2D eigenvalue weighted by Crippen LogP contribution is -2.20. The van der Waals surface area contributed by atoms with E-state index in [0.29, 0.717) is 11.5 Å². The van der Waals surface area contributed by atoms with Gasteiger partial charge in [-0.1, -0.05) is 0 Å². The number of anilines is 1. The van der Waals surface area contributed by atoms with Crippen molar-refractivity contribution in [3.8, 4) is 11.5 Å². The van der Waals surface area contributed by atoms with Crippen molar-refractivity contribution in [2.24, 2.45) is 0 Å². The van der Waals surface area contributed by atoms with Gasteiger partial charge in [0.1, 0.15) is 16.4 Å². The Morgan fingerprint density at radius 1 is 1.19 bits per heavy atom. The van der Waals surface area contributed by atoms with E-state index in [1.807, 2.05) is 0 Å². The number of thiophene rings is 1. The Labute approximate surface area is 124 Å². The molecule has 0 spiro atoms. The third-order valence-electron chi connectivity index (χ3n) is 2.56. The fourth-order valence-electron chi connectivity index (χ4n) is 1.58. The molecule has 1 aromatic heterocycles. The summed E-state index contributed by atoms with van der Waals surface area (Å²) < 4.78 is 10.3. The molecule has 1 heterocycles. The van der Waals surface area contributed by atoms with Crippen molar-refractivity contribution in [3.63, 3.8) is 0 Å². The topological polar surface area (TPSA) is 84.9 Å². The first-order valence-corrected chi connectivity index (χ1v) is 6.85. The molecule has 0 bridgehead atoms. The second-order valence-corrected chi connectivity index (χ2v) is 4.90. The van der Waals surface area contributed by atoms with Crippen molar-refractivity contribution >= 4 is 28.9 Å². The number of carbonyl (C=O) groups excluding carboxylic acids is 1. The molecule has 0 unspecified atom stereocenters. The molecule has 0 aliphatic rings. The van der Waals surface area contributed by atoms with Gasteiger partial charge in [-0.05, 0) is 35.7 Å². The maximum absolute atomic E-state index is 11.7. The SMILES string of the molecule is COc1ccc(OCC(=O)Nc2ccsc2C(=O)O)cc1. The van der Waals surface area contributed by atoms with Gasteiger partial charge in [-0.15, -0.1) is 11.3 Å². The molecule has 0 saturated heterocycles. The Morgan fingerprint density at radius 3 is 2.48 bits per heavy atom. The average molecular weight is 307 g/mol. The second-order valence-electron chi connectivity index (χ2n) is 3.98. The molecule has 0 atom stereocenters. The third-order valence-corrected chi connectivity index (χ3v) is 3.47. The Bertz CT molecular complexity index is 635. The van der Waals surface area contributed by atoms with E-state index in [1.165, 1.54) is 0 Å². The van der Waals surface area contributed by atoms with Gasteiger partial charge in [0.2, 0.25) is 0 Å². The number of amides is 1. The lowest BCUT2D eigenvalue weighted by atomic mass is 10.3. The highest BCUT2D eigenvalue weighted by Gasteiger charge is 2.14. The predicted octanol–water partition coefficient (Wildman–Crippen LogP) is 2.47.